The number of fused-ring (bicyclic) bond motifs is 1. The van der Waals surface area contributed by atoms with E-state index in [-0.39, 0.29) is 5.57 Å². The molecule has 0 aliphatic carbocycles. The van der Waals surface area contributed by atoms with Crippen LogP contribution in [-0.4, -0.2) is 23.7 Å². The summed E-state index contributed by atoms with van der Waals surface area (Å²) in [6.45, 7) is 6.84. The van der Waals surface area contributed by atoms with E-state index in [0.717, 1.165) is 19.4 Å². The van der Waals surface area contributed by atoms with Crippen LogP contribution in [0.5, 0.6) is 0 Å². The number of carboxylic acid groups (broad SMARTS) is 1. The van der Waals surface area contributed by atoms with Crippen molar-refractivity contribution in [1.29, 1.82) is 0 Å². The van der Waals surface area contributed by atoms with Crippen molar-refractivity contribution in [2.75, 3.05) is 11.4 Å². The second kappa shape index (κ2) is 5.65. The predicted octanol–water partition coefficient (Wildman–Crippen LogP) is 3.63. The monoisotopic (exact) mass is 277 g/mol. The minimum Gasteiger partial charge on any atom is -0.476 e. The average Bonchev–Trinajstić information content (AvgIpc) is 2.44. The van der Waals surface area contributed by atoms with Crippen LogP contribution >= 0.6 is 0 Å². The highest BCUT2D eigenvalue weighted by molar-refractivity contribution is 5.93. The van der Waals surface area contributed by atoms with E-state index in [1.165, 1.54) is 18.2 Å². The number of halogens is 1. The predicted molar refractivity (Wildman–Crippen MR) is 78.6 cm³/mol. The van der Waals surface area contributed by atoms with Gasteiger partial charge in [-0.05, 0) is 62.4 Å². The highest BCUT2D eigenvalue weighted by Crippen LogP contribution is 2.32. The molecule has 0 saturated heterocycles. The summed E-state index contributed by atoms with van der Waals surface area (Å²) in [6.07, 6.45) is 2.02. The fraction of sp³-hybridized carbons (Fsp3) is 0.438. The summed E-state index contributed by atoms with van der Waals surface area (Å²) in [5.74, 6) is -2.59. The number of allylic oxidation sites excluding steroid dienone is 1. The van der Waals surface area contributed by atoms with Crippen molar-refractivity contribution in [3.63, 3.8) is 0 Å². The molecule has 1 heterocycles. The summed E-state index contributed by atoms with van der Waals surface area (Å²) in [5.41, 5.74) is 3.18. The molecule has 0 fully saturated rings. The second-order valence-corrected chi connectivity index (χ2v) is 5.48. The molecule has 1 aromatic rings. The molecule has 0 aromatic heterocycles. The average molecular weight is 277 g/mol. The first-order valence-electron chi connectivity index (χ1n) is 6.91. The van der Waals surface area contributed by atoms with Gasteiger partial charge in [-0.1, -0.05) is 6.07 Å². The molecule has 0 atom stereocenters. The van der Waals surface area contributed by atoms with Gasteiger partial charge in [-0.2, -0.15) is 4.39 Å². The lowest BCUT2D eigenvalue weighted by atomic mass is 9.95. The van der Waals surface area contributed by atoms with Gasteiger partial charge < -0.3 is 10.0 Å². The van der Waals surface area contributed by atoms with Gasteiger partial charge in [0.25, 0.3) is 0 Å². The van der Waals surface area contributed by atoms with Crippen LogP contribution in [0.25, 0.3) is 5.57 Å². The third kappa shape index (κ3) is 2.69. The molecule has 4 heteroatoms. The molecule has 0 spiro atoms. The zero-order valence-electron chi connectivity index (χ0n) is 12.1. The van der Waals surface area contributed by atoms with E-state index in [2.05, 4.69) is 18.7 Å². The quantitative estimate of drug-likeness (QED) is 0.858. The van der Waals surface area contributed by atoms with Crippen molar-refractivity contribution >= 4 is 17.2 Å². The first-order chi connectivity index (χ1) is 9.41. The normalized spacial score (nSPS) is 15.9. The van der Waals surface area contributed by atoms with Gasteiger partial charge in [0.2, 0.25) is 5.83 Å². The maximum absolute atomic E-state index is 13.5. The van der Waals surface area contributed by atoms with Crippen molar-refractivity contribution in [3.05, 3.63) is 35.2 Å². The van der Waals surface area contributed by atoms with Crippen LogP contribution in [0, 0.1) is 0 Å². The number of carboxylic acids is 1. The Hall–Kier alpha value is -1.84. The molecule has 1 aliphatic rings. The van der Waals surface area contributed by atoms with Gasteiger partial charge in [0.1, 0.15) is 0 Å². The van der Waals surface area contributed by atoms with Crippen LogP contribution in [0.2, 0.25) is 0 Å². The highest BCUT2D eigenvalue weighted by Gasteiger charge is 2.20. The van der Waals surface area contributed by atoms with Gasteiger partial charge in [0, 0.05) is 18.3 Å². The van der Waals surface area contributed by atoms with Crippen molar-refractivity contribution in [2.24, 2.45) is 0 Å². The lowest BCUT2D eigenvalue weighted by molar-refractivity contribution is -0.134. The smallest absolute Gasteiger partial charge is 0.365 e. The molecule has 20 heavy (non-hydrogen) atoms. The Morgan fingerprint density at radius 1 is 1.40 bits per heavy atom. The van der Waals surface area contributed by atoms with Gasteiger partial charge in [0.05, 0.1) is 0 Å². The largest absolute Gasteiger partial charge is 0.476 e. The fourth-order valence-corrected chi connectivity index (χ4v) is 2.68. The van der Waals surface area contributed by atoms with Gasteiger partial charge >= 0.3 is 5.97 Å². The highest BCUT2D eigenvalue weighted by atomic mass is 19.1. The first-order valence-corrected chi connectivity index (χ1v) is 6.91. The molecule has 0 radical (unpaired) electrons. The minimum atomic E-state index is -1.51. The molecular formula is C16H20FNO2. The summed E-state index contributed by atoms with van der Waals surface area (Å²) in [5, 5.41) is 8.73. The zero-order valence-corrected chi connectivity index (χ0v) is 12.1. The molecule has 108 valence electrons. The van der Waals surface area contributed by atoms with E-state index in [1.807, 2.05) is 12.1 Å². The Kier molecular flexibility index (Phi) is 4.12. The molecule has 0 bridgehead atoms. The third-order valence-electron chi connectivity index (χ3n) is 3.81. The minimum absolute atomic E-state index is 0.182. The van der Waals surface area contributed by atoms with Crippen molar-refractivity contribution in [2.45, 2.75) is 39.7 Å². The molecule has 0 saturated carbocycles. The molecule has 0 amide bonds. The van der Waals surface area contributed by atoms with Crippen LogP contribution < -0.4 is 4.90 Å². The number of rotatable bonds is 3. The van der Waals surface area contributed by atoms with E-state index in [1.54, 1.807) is 6.07 Å². The summed E-state index contributed by atoms with van der Waals surface area (Å²) >= 11 is 0. The third-order valence-corrected chi connectivity index (χ3v) is 3.81. The van der Waals surface area contributed by atoms with Crippen LogP contribution in [0.4, 0.5) is 10.1 Å². The van der Waals surface area contributed by atoms with Gasteiger partial charge in [0.15, 0.2) is 0 Å². The topological polar surface area (TPSA) is 40.5 Å². The summed E-state index contributed by atoms with van der Waals surface area (Å²) < 4.78 is 13.5. The van der Waals surface area contributed by atoms with E-state index >= 15 is 0 Å². The van der Waals surface area contributed by atoms with Crippen LogP contribution in [-0.2, 0) is 11.2 Å². The van der Waals surface area contributed by atoms with E-state index < -0.39 is 11.8 Å². The fourth-order valence-electron chi connectivity index (χ4n) is 2.68. The van der Waals surface area contributed by atoms with Gasteiger partial charge in [-0.3, -0.25) is 0 Å². The standard InChI is InChI=1S/C16H20FNO2/c1-10(2)18-8-4-5-13-9-12(6-7-14(13)18)11(3)15(17)16(19)20/h6-7,9-10H,4-5,8H2,1-3H3,(H,19,20)/b15-11+. The Morgan fingerprint density at radius 2 is 2.10 bits per heavy atom. The molecule has 1 aliphatic heterocycles. The van der Waals surface area contributed by atoms with E-state index in [9.17, 15) is 9.18 Å². The second-order valence-electron chi connectivity index (χ2n) is 5.48. The van der Waals surface area contributed by atoms with E-state index in [0.29, 0.717) is 11.6 Å². The van der Waals surface area contributed by atoms with Crippen molar-refractivity contribution in [1.82, 2.24) is 0 Å². The molecule has 1 aromatic carbocycles. The van der Waals surface area contributed by atoms with Gasteiger partial charge in [-0.15, -0.1) is 0 Å². The van der Waals surface area contributed by atoms with Gasteiger partial charge in [-0.25, -0.2) is 4.79 Å². The van der Waals surface area contributed by atoms with Crippen LogP contribution in [0.3, 0.4) is 0 Å². The summed E-state index contributed by atoms with van der Waals surface area (Å²) in [4.78, 5) is 13.0. The number of benzene rings is 1. The van der Waals surface area contributed by atoms with Crippen LogP contribution in [0.1, 0.15) is 38.3 Å². The Morgan fingerprint density at radius 3 is 2.70 bits per heavy atom. The number of hydrogen-bond acceptors (Lipinski definition) is 2. The molecule has 1 N–H and O–H groups in total. The number of anilines is 1. The lowest BCUT2D eigenvalue weighted by Gasteiger charge is -2.35. The molecule has 2 rings (SSSR count). The number of nitrogens with zero attached hydrogens (tertiary/aromatic N) is 1. The van der Waals surface area contributed by atoms with Crippen LogP contribution in [0.15, 0.2) is 24.0 Å². The first kappa shape index (κ1) is 14.6. The van der Waals surface area contributed by atoms with Crippen molar-refractivity contribution < 1.29 is 14.3 Å². The number of hydrogen-bond donors (Lipinski definition) is 1. The van der Waals surface area contributed by atoms with Crippen molar-refractivity contribution in [3.8, 4) is 0 Å². The zero-order chi connectivity index (χ0) is 14.9. The molecular weight excluding hydrogens is 257 g/mol. The molecule has 0 unspecified atom stereocenters. The number of aliphatic carboxylic acids is 1. The lowest BCUT2D eigenvalue weighted by Crippen LogP contribution is -2.35. The SMILES string of the molecule is C/C(=C(\F)C(=O)O)c1ccc2c(c1)CCCN2C(C)C. The Bertz CT molecular complexity index is 564. The van der Waals surface area contributed by atoms with E-state index in [4.69, 9.17) is 5.11 Å². The summed E-state index contributed by atoms with van der Waals surface area (Å²) in [7, 11) is 0. The molecule has 3 nitrogen and oxygen atoms in total. The summed E-state index contributed by atoms with van der Waals surface area (Å²) in [6, 6.07) is 6.12. The maximum atomic E-state index is 13.5. The maximum Gasteiger partial charge on any atom is 0.365 e. The number of carbonyl (C=O) groups is 1. The Balaban J connectivity index is 2.43. The Labute approximate surface area is 118 Å². The number of aryl methyl sites for hydroxylation is 1.